The van der Waals surface area contributed by atoms with Gasteiger partial charge in [-0.25, -0.2) is 4.39 Å². The summed E-state index contributed by atoms with van der Waals surface area (Å²) in [6.07, 6.45) is 0.488. The molecule has 1 aliphatic heterocycles. The van der Waals surface area contributed by atoms with E-state index < -0.39 is 6.04 Å². The maximum absolute atomic E-state index is 13.7. The first-order valence-corrected chi connectivity index (χ1v) is 12.1. The molecule has 0 bridgehead atoms. The van der Waals surface area contributed by atoms with Crippen LogP contribution in [0.1, 0.15) is 67.3 Å². The minimum absolute atomic E-state index is 0.0803. The number of amides is 1. The third-order valence-corrected chi connectivity index (χ3v) is 6.70. The van der Waals surface area contributed by atoms with Gasteiger partial charge in [-0.3, -0.25) is 9.79 Å². The molecule has 0 fully saturated rings. The van der Waals surface area contributed by atoms with Crippen molar-refractivity contribution in [1.29, 1.82) is 0 Å². The molecule has 176 valence electrons. The Morgan fingerprint density at radius 3 is 2.32 bits per heavy atom. The third kappa shape index (κ3) is 4.78. The number of benzodiazepines with no additional fused rings is 1. The van der Waals surface area contributed by atoms with Gasteiger partial charge in [0.25, 0.3) is 5.91 Å². The quantitative estimate of drug-likeness (QED) is 0.384. The van der Waals surface area contributed by atoms with Crippen molar-refractivity contribution in [1.82, 2.24) is 0 Å². The third-order valence-electron chi connectivity index (χ3n) is 6.47. The summed E-state index contributed by atoms with van der Waals surface area (Å²) < 4.78 is 13.7. The molecule has 1 atom stereocenters. The normalized spacial score (nSPS) is 16.0. The smallest absolute Gasteiger partial charge is 0.251 e. The van der Waals surface area contributed by atoms with E-state index in [1.165, 1.54) is 23.3 Å². The number of hydrogen-bond donors (Lipinski definition) is 0. The van der Waals surface area contributed by atoms with Crippen LogP contribution in [-0.2, 0) is 11.2 Å². The first kappa shape index (κ1) is 24.2. The predicted molar refractivity (Wildman–Crippen MR) is 139 cm³/mol. The lowest BCUT2D eigenvalue weighted by molar-refractivity contribution is -0.119. The number of fused-ring (bicyclic) bond motifs is 1. The van der Waals surface area contributed by atoms with Gasteiger partial charge in [0.05, 0.1) is 11.4 Å². The second kappa shape index (κ2) is 9.71. The van der Waals surface area contributed by atoms with Crippen molar-refractivity contribution in [2.24, 2.45) is 4.99 Å². The molecule has 1 amide bonds. The van der Waals surface area contributed by atoms with Crippen molar-refractivity contribution in [3.8, 4) is 0 Å². The van der Waals surface area contributed by atoms with E-state index in [0.717, 1.165) is 22.4 Å². The highest BCUT2D eigenvalue weighted by Crippen LogP contribution is 2.32. The number of hydrogen-bond acceptors (Lipinski definition) is 2. The Labute approximate surface area is 206 Å². The number of rotatable bonds is 5. The SMILES string of the molecule is CC(C)c1ccc(CC2N=C(c3ccc(F)cc3)c3cc(Cl)ccc3N(C)C2=O)c(C(C)C)c1. The Bertz CT molecular complexity index is 1250. The van der Waals surface area contributed by atoms with Crippen molar-refractivity contribution >= 4 is 28.9 Å². The summed E-state index contributed by atoms with van der Waals surface area (Å²) >= 11 is 6.34. The number of aliphatic imine (C=N–C) groups is 1. The zero-order valence-corrected chi connectivity index (χ0v) is 21.0. The van der Waals surface area contributed by atoms with E-state index in [2.05, 4.69) is 45.9 Å². The molecule has 3 aromatic rings. The molecule has 0 spiro atoms. The Morgan fingerprint density at radius 2 is 1.68 bits per heavy atom. The molecule has 3 aromatic carbocycles. The molecule has 1 unspecified atom stereocenters. The van der Waals surface area contributed by atoms with Gasteiger partial charge < -0.3 is 4.90 Å². The Morgan fingerprint density at radius 1 is 0.971 bits per heavy atom. The fourth-order valence-corrected chi connectivity index (χ4v) is 4.66. The number of likely N-dealkylation sites (N-methyl/N-ethyl adjacent to an activating group) is 1. The van der Waals surface area contributed by atoms with Crippen LogP contribution in [0.3, 0.4) is 0 Å². The minimum Gasteiger partial charge on any atom is -0.313 e. The molecule has 0 N–H and O–H groups in total. The van der Waals surface area contributed by atoms with Gasteiger partial charge >= 0.3 is 0 Å². The van der Waals surface area contributed by atoms with Gasteiger partial charge in [0.1, 0.15) is 11.9 Å². The molecule has 0 aliphatic carbocycles. The van der Waals surface area contributed by atoms with Crippen molar-refractivity contribution in [2.75, 3.05) is 11.9 Å². The fourth-order valence-electron chi connectivity index (χ4n) is 4.49. The minimum atomic E-state index is -0.612. The van der Waals surface area contributed by atoms with Crippen molar-refractivity contribution in [2.45, 2.75) is 52.0 Å². The van der Waals surface area contributed by atoms with Crippen LogP contribution in [0.5, 0.6) is 0 Å². The van der Waals surface area contributed by atoms with Crippen molar-refractivity contribution in [3.63, 3.8) is 0 Å². The lowest BCUT2D eigenvalue weighted by Crippen LogP contribution is -2.36. The maximum Gasteiger partial charge on any atom is 0.251 e. The highest BCUT2D eigenvalue weighted by molar-refractivity contribution is 6.32. The Kier molecular flexibility index (Phi) is 6.90. The lowest BCUT2D eigenvalue weighted by Gasteiger charge is -2.22. The number of anilines is 1. The van der Waals surface area contributed by atoms with Gasteiger partial charge in [-0.05, 0) is 71.0 Å². The Hall–Kier alpha value is -2.98. The lowest BCUT2D eigenvalue weighted by atomic mass is 9.89. The number of carbonyl (C=O) groups is 1. The van der Waals surface area contributed by atoms with Crippen LogP contribution in [0, 0.1) is 5.82 Å². The van der Waals surface area contributed by atoms with E-state index >= 15 is 0 Å². The molecule has 34 heavy (non-hydrogen) atoms. The molecule has 4 rings (SSSR count). The molecule has 1 aliphatic rings. The molecule has 0 saturated carbocycles. The Balaban J connectivity index is 1.85. The van der Waals surface area contributed by atoms with E-state index in [9.17, 15) is 9.18 Å². The summed E-state index contributed by atoms with van der Waals surface area (Å²) in [5, 5.41) is 0.555. The van der Waals surface area contributed by atoms with E-state index in [-0.39, 0.29) is 11.7 Å². The monoisotopic (exact) mass is 476 g/mol. The van der Waals surface area contributed by atoms with E-state index in [4.69, 9.17) is 16.6 Å². The van der Waals surface area contributed by atoms with Crippen LogP contribution >= 0.6 is 11.6 Å². The predicted octanol–water partition coefficient (Wildman–Crippen LogP) is 7.15. The topological polar surface area (TPSA) is 32.7 Å². The number of carbonyl (C=O) groups excluding carboxylic acids is 1. The second-order valence-electron chi connectivity index (χ2n) is 9.53. The summed E-state index contributed by atoms with van der Waals surface area (Å²) in [4.78, 5) is 20.3. The van der Waals surface area contributed by atoms with Gasteiger partial charge in [0, 0.05) is 29.6 Å². The van der Waals surface area contributed by atoms with Crippen molar-refractivity contribution in [3.05, 3.63) is 99.3 Å². The molecule has 5 heteroatoms. The van der Waals surface area contributed by atoms with Crippen LogP contribution in [0.25, 0.3) is 0 Å². The summed E-state index contributed by atoms with van der Waals surface area (Å²) in [6.45, 7) is 8.72. The molecule has 3 nitrogen and oxygen atoms in total. The first-order valence-electron chi connectivity index (χ1n) is 11.7. The van der Waals surface area contributed by atoms with Gasteiger partial charge in [-0.15, -0.1) is 0 Å². The standard InChI is InChI=1S/C29H30ClFN2O/c1-17(2)20-6-7-21(24(14-20)18(3)4)15-26-29(34)33(5)27-13-10-22(30)16-25(27)28(32-26)19-8-11-23(31)12-9-19/h6-14,16-18,26H,15H2,1-5H3. The van der Waals surface area contributed by atoms with E-state index in [1.807, 2.05) is 12.1 Å². The molecular weight excluding hydrogens is 447 g/mol. The zero-order chi connectivity index (χ0) is 24.6. The maximum atomic E-state index is 13.7. The summed E-state index contributed by atoms with van der Waals surface area (Å²) in [5.41, 5.74) is 6.54. The molecule has 0 saturated heterocycles. The zero-order valence-electron chi connectivity index (χ0n) is 20.3. The van der Waals surface area contributed by atoms with Gasteiger partial charge in [0.2, 0.25) is 0 Å². The fraction of sp³-hybridized carbons (Fsp3) is 0.310. The van der Waals surface area contributed by atoms with E-state index in [0.29, 0.717) is 29.0 Å². The van der Waals surface area contributed by atoms with Gasteiger partial charge in [0.15, 0.2) is 0 Å². The highest BCUT2D eigenvalue weighted by atomic mass is 35.5. The van der Waals surface area contributed by atoms with E-state index in [1.54, 1.807) is 30.1 Å². The van der Waals surface area contributed by atoms with Gasteiger partial charge in [-0.2, -0.15) is 0 Å². The average Bonchev–Trinajstić information content (AvgIpc) is 2.90. The number of benzene rings is 3. The van der Waals surface area contributed by atoms with Crippen LogP contribution in [0.2, 0.25) is 5.02 Å². The van der Waals surface area contributed by atoms with Gasteiger partial charge in [-0.1, -0.05) is 57.5 Å². The van der Waals surface area contributed by atoms with Crippen LogP contribution in [0.15, 0.2) is 65.7 Å². The average molecular weight is 477 g/mol. The molecule has 1 heterocycles. The van der Waals surface area contributed by atoms with Crippen LogP contribution in [0.4, 0.5) is 10.1 Å². The van der Waals surface area contributed by atoms with Crippen LogP contribution in [-0.4, -0.2) is 24.7 Å². The summed E-state index contributed by atoms with van der Waals surface area (Å²) in [7, 11) is 1.77. The van der Waals surface area contributed by atoms with Crippen LogP contribution < -0.4 is 4.90 Å². The largest absolute Gasteiger partial charge is 0.313 e. The second-order valence-corrected chi connectivity index (χ2v) is 9.97. The summed E-state index contributed by atoms with van der Waals surface area (Å²) in [5.74, 6) is 0.354. The number of halogens is 2. The molecule has 0 radical (unpaired) electrons. The highest BCUT2D eigenvalue weighted by Gasteiger charge is 2.31. The molecule has 0 aromatic heterocycles. The number of nitrogens with zero attached hydrogens (tertiary/aromatic N) is 2. The summed E-state index contributed by atoms with van der Waals surface area (Å²) in [6, 6.07) is 17.6. The molecular formula is C29H30ClFN2O. The first-order chi connectivity index (χ1) is 16.2. The van der Waals surface area contributed by atoms with Crippen molar-refractivity contribution < 1.29 is 9.18 Å².